The van der Waals surface area contributed by atoms with E-state index in [4.69, 9.17) is 5.73 Å². The van der Waals surface area contributed by atoms with E-state index in [1.165, 1.54) is 5.56 Å². The molecule has 0 heterocycles. The van der Waals surface area contributed by atoms with Gasteiger partial charge >= 0.3 is 0 Å². The van der Waals surface area contributed by atoms with Crippen LogP contribution < -0.4 is 11.1 Å². The minimum Gasteiger partial charge on any atom is -0.325 e. The van der Waals surface area contributed by atoms with Gasteiger partial charge in [0.05, 0.1) is 0 Å². The van der Waals surface area contributed by atoms with Crippen molar-refractivity contribution in [2.45, 2.75) is 31.2 Å². The van der Waals surface area contributed by atoms with Gasteiger partial charge in [-0.3, -0.25) is 4.79 Å². The van der Waals surface area contributed by atoms with Gasteiger partial charge in [0.1, 0.15) is 0 Å². The van der Waals surface area contributed by atoms with E-state index in [-0.39, 0.29) is 11.4 Å². The number of hydrogen-bond acceptors (Lipinski definition) is 2. The maximum Gasteiger partial charge on any atom is 0.255 e. The van der Waals surface area contributed by atoms with Crippen LogP contribution in [0.25, 0.3) is 11.1 Å². The molecule has 3 heteroatoms. The van der Waals surface area contributed by atoms with E-state index in [9.17, 15) is 4.79 Å². The van der Waals surface area contributed by atoms with Crippen molar-refractivity contribution in [1.82, 2.24) is 0 Å². The van der Waals surface area contributed by atoms with Crippen LogP contribution in [0.3, 0.4) is 0 Å². The van der Waals surface area contributed by atoms with Gasteiger partial charge in [-0.2, -0.15) is 0 Å². The van der Waals surface area contributed by atoms with Crippen LogP contribution in [-0.4, -0.2) is 11.4 Å². The Morgan fingerprint density at radius 1 is 1.00 bits per heavy atom. The van der Waals surface area contributed by atoms with Crippen molar-refractivity contribution in [1.29, 1.82) is 0 Å². The van der Waals surface area contributed by atoms with Crippen molar-refractivity contribution in [2.24, 2.45) is 5.73 Å². The Labute approximate surface area is 160 Å². The molecule has 0 saturated heterocycles. The fourth-order valence-corrected chi connectivity index (χ4v) is 3.63. The zero-order valence-corrected chi connectivity index (χ0v) is 15.5. The minimum absolute atomic E-state index is 0.0390. The van der Waals surface area contributed by atoms with Crippen LogP contribution >= 0.6 is 0 Å². The number of nitrogens with two attached hydrogens (primary N) is 1. The summed E-state index contributed by atoms with van der Waals surface area (Å²) in [6, 6.07) is 25.8. The molecule has 3 aromatic carbocycles. The second kappa shape index (κ2) is 7.01. The average molecular weight is 356 g/mol. The second-order valence-corrected chi connectivity index (χ2v) is 7.37. The Kier molecular flexibility index (Phi) is 4.54. The first kappa shape index (κ1) is 17.5. The van der Waals surface area contributed by atoms with Gasteiger partial charge in [0.25, 0.3) is 5.91 Å². The Balaban J connectivity index is 1.47. The number of anilines is 1. The highest BCUT2D eigenvalue weighted by molar-refractivity contribution is 6.05. The second-order valence-electron chi connectivity index (χ2n) is 7.37. The Morgan fingerprint density at radius 3 is 2.37 bits per heavy atom. The first-order valence-electron chi connectivity index (χ1n) is 9.45. The van der Waals surface area contributed by atoms with Crippen molar-refractivity contribution in [3.63, 3.8) is 0 Å². The molecule has 0 radical (unpaired) electrons. The summed E-state index contributed by atoms with van der Waals surface area (Å²) in [7, 11) is 0. The van der Waals surface area contributed by atoms with Gasteiger partial charge in [-0.05, 0) is 53.8 Å². The fraction of sp³-hybridized carbons (Fsp3) is 0.208. The van der Waals surface area contributed by atoms with Crippen LogP contribution in [0, 0.1) is 0 Å². The topological polar surface area (TPSA) is 55.1 Å². The lowest BCUT2D eigenvalue weighted by Gasteiger charge is -2.10. The summed E-state index contributed by atoms with van der Waals surface area (Å²) in [6.45, 7) is 2.14. The predicted octanol–water partition coefficient (Wildman–Crippen LogP) is 5.20. The normalized spacial score (nSPS) is 20.9. The summed E-state index contributed by atoms with van der Waals surface area (Å²) < 4.78 is 0. The summed E-state index contributed by atoms with van der Waals surface area (Å²) in [4.78, 5) is 12.6. The third-order valence-electron chi connectivity index (χ3n) is 5.58. The van der Waals surface area contributed by atoms with Crippen molar-refractivity contribution in [2.75, 3.05) is 5.32 Å². The summed E-state index contributed by atoms with van der Waals surface area (Å²) in [5.41, 5.74) is 11.1. The first-order valence-corrected chi connectivity index (χ1v) is 9.45. The van der Waals surface area contributed by atoms with Crippen LogP contribution in [0.2, 0.25) is 0 Å². The first-order chi connectivity index (χ1) is 13.1. The van der Waals surface area contributed by atoms with Crippen molar-refractivity contribution in [3.8, 4) is 11.1 Å². The smallest absolute Gasteiger partial charge is 0.255 e. The van der Waals surface area contributed by atoms with Gasteiger partial charge in [-0.1, -0.05) is 61.5 Å². The maximum absolute atomic E-state index is 12.6. The monoisotopic (exact) mass is 356 g/mol. The zero-order valence-electron chi connectivity index (χ0n) is 15.5. The molecule has 136 valence electrons. The lowest BCUT2D eigenvalue weighted by Crippen LogP contribution is -2.22. The lowest BCUT2D eigenvalue weighted by atomic mass is 10.0. The highest BCUT2D eigenvalue weighted by Crippen LogP contribution is 2.51. The van der Waals surface area contributed by atoms with Crippen molar-refractivity contribution < 1.29 is 4.79 Å². The summed E-state index contributed by atoms with van der Waals surface area (Å²) in [5, 5.41) is 2.99. The van der Waals surface area contributed by atoms with Crippen molar-refractivity contribution >= 4 is 11.6 Å². The molecule has 3 nitrogen and oxygen atoms in total. The van der Waals surface area contributed by atoms with E-state index in [2.05, 4.69) is 24.4 Å². The molecule has 3 aromatic rings. The van der Waals surface area contributed by atoms with Crippen LogP contribution in [0.5, 0.6) is 0 Å². The molecule has 0 aliphatic heterocycles. The van der Waals surface area contributed by atoms with Crippen molar-refractivity contribution in [3.05, 3.63) is 90.0 Å². The number of amides is 1. The number of hydrogen-bond donors (Lipinski definition) is 2. The lowest BCUT2D eigenvalue weighted by molar-refractivity contribution is 0.102. The summed E-state index contributed by atoms with van der Waals surface area (Å²) in [5.74, 6) is 0.337. The zero-order chi connectivity index (χ0) is 18.9. The van der Waals surface area contributed by atoms with E-state index in [1.54, 1.807) is 0 Å². The largest absolute Gasteiger partial charge is 0.325 e. The SMILES string of the molecule is CC[C@]1(N)C[C@H]1c1ccc(NC(=O)c2cccc(-c3ccccc3)c2)cc1. The summed E-state index contributed by atoms with van der Waals surface area (Å²) >= 11 is 0. The molecule has 27 heavy (non-hydrogen) atoms. The van der Waals surface area contributed by atoms with E-state index in [0.29, 0.717) is 11.5 Å². The molecule has 4 rings (SSSR count). The Hall–Kier alpha value is -2.91. The number of carbonyl (C=O) groups is 1. The van der Waals surface area contributed by atoms with Gasteiger partial charge in [-0.25, -0.2) is 0 Å². The molecule has 1 aliphatic rings. The molecule has 0 bridgehead atoms. The third-order valence-corrected chi connectivity index (χ3v) is 5.58. The van der Waals surface area contributed by atoms with Crippen LogP contribution in [0.4, 0.5) is 5.69 Å². The van der Waals surface area contributed by atoms with E-state index in [1.807, 2.05) is 66.7 Å². The molecule has 2 atom stereocenters. The number of benzene rings is 3. The summed E-state index contributed by atoms with van der Waals surface area (Å²) in [6.07, 6.45) is 2.04. The molecule has 1 fully saturated rings. The average Bonchev–Trinajstić information content (AvgIpc) is 3.41. The van der Waals surface area contributed by atoms with E-state index < -0.39 is 0 Å². The highest BCUT2D eigenvalue weighted by Gasteiger charge is 2.49. The van der Waals surface area contributed by atoms with Crippen LogP contribution in [0.15, 0.2) is 78.9 Å². The van der Waals surface area contributed by atoms with E-state index in [0.717, 1.165) is 29.7 Å². The van der Waals surface area contributed by atoms with Crippen LogP contribution in [0.1, 0.15) is 41.6 Å². The fourth-order valence-electron chi connectivity index (χ4n) is 3.63. The molecule has 1 amide bonds. The molecule has 1 aliphatic carbocycles. The highest BCUT2D eigenvalue weighted by atomic mass is 16.1. The number of nitrogens with one attached hydrogen (secondary N) is 1. The Morgan fingerprint density at radius 2 is 1.70 bits per heavy atom. The minimum atomic E-state index is -0.103. The Bertz CT molecular complexity index is 950. The molecule has 0 unspecified atom stereocenters. The molecular weight excluding hydrogens is 332 g/mol. The molecular formula is C24H24N2O. The molecule has 0 spiro atoms. The quantitative estimate of drug-likeness (QED) is 0.660. The maximum atomic E-state index is 12.6. The van der Waals surface area contributed by atoms with Gasteiger partial charge < -0.3 is 11.1 Å². The van der Waals surface area contributed by atoms with Gasteiger partial charge in [0.2, 0.25) is 0 Å². The third kappa shape index (κ3) is 3.64. The predicted molar refractivity (Wildman–Crippen MR) is 111 cm³/mol. The van der Waals surface area contributed by atoms with Gasteiger partial charge in [0, 0.05) is 22.7 Å². The molecule has 0 aromatic heterocycles. The van der Waals surface area contributed by atoms with Gasteiger partial charge in [-0.15, -0.1) is 0 Å². The number of rotatable bonds is 5. The van der Waals surface area contributed by atoms with Crippen LogP contribution in [-0.2, 0) is 0 Å². The van der Waals surface area contributed by atoms with Gasteiger partial charge in [0.15, 0.2) is 0 Å². The molecule has 3 N–H and O–H groups in total. The number of carbonyl (C=O) groups excluding carboxylic acids is 1. The molecule has 1 saturated carbocycles. The van der Waals surface area contributed by atoms with E-state index >= 15 is 0 Å². The standard InChI is InChI=1S/C24H24N2O/c1-2-24(25)16-22(24)18-11-13-21(14-12-18)26-23(27)20-10-6-9-19(15-20)17-7-4-3-5-8-17/h3-15,22H,2,16,25H2,1H3,(H,26,27)/t22-,24-/m0/s1.